The summed E-state index contributed by atoms with van der Waals surface area (Å²) in [6, 6.07) is 1.48. The first-order valence-corrected chi connectivity index (χ1v) is 4.60. The third-order valence-electron chi connectivity index (χ3n) is 2.38. The molecule has 0 aromatic carbocycles. The first kappa shape index (κ1) is 4.99. The summed E-state index contributed by atoms with van der Waals surface area (Å²) >= 11 is 2.04. The first-order chi connectivity index (χ1) is 4.45. The van der Waals surface area contributed by atoms with Crippen LogP contribution >= 0.6 is 11.8 Å². The van der Waals surface area contributed by atoms with Gasteiger partial charge in [-0.15, -0.1) is 0 Å². The van der Waals surface area contributed by atoms with Gasteiger partial charge >= 0.3 is 0 Å². The van der Waals surface area contributed by atoms with Crippen molar-refractivity contribution in [3.8, 4) is 0 Å². The molecule has 3 heterocycles. The Hall–Kier alpha value is 0.270. The van der Waals surface area contributed by atoms with E-state index < -0.39 is 0 Å². The summed E-state index contributed by atoms with van der Waals surface area (Å²) in [5.74, 6) is 2.43. The van der Waals surface area contributed by atoms with E-state index in [1.807, 2.05) is 11.8 Å². The largest absolute Gasteiger partial charge is 0.370 e. The second kappa shape index (κ2) is 1.47. The lowest BCUT2D eigenvalue weighted by Gasteiger charge is -2.22. The van der Waals surface area contributed by atoms with Crippen LogP contribution in [-0.2, 0) is 4.74 Å². The van der Waals surface area contributed by atoms with Gasteiger partial charge in [0.2, 0.25) is 0 Å². The molecular formula is C6H9NOS. The molecule has 3 rings (SSSR count). The van der Waals surface area contributed by atoms with Gasteiger partial charge < -0.3 is 10.1 Å². The summed E-state index contributed by atoms with van der Waals surface area (Å²) in [4.78, 5) is 0. The smallest absolute Gasteiger partial charge is 0.0839 e. The van der Waals surface area contributed by atoms with Crippen LogP contribution in [-0.4, -0.2) is 35.8 Å². The highest BCUT2D eigenvalue weighted by Crippen LogP contribution is 2.38. The number of rotatable bonds is 0. The standard InChI is InChI=1S/C6H9NOS/c1-3-5-6(7-5)4(8-3)2-9-1/h3-7H,1-2H2/t3-,4-,5?,6?/m1/s1. The van der Waals surface area contributed by atoms with Crippen LogP contribution in [0.15, 0.2) is 0 Å². The van der Waals surface area contributed by atoms with Crippen LogP contribution in [0, 0.1) is 0 Å². The molecule has 2 nitrogen and oxygen atoms in total. The van der Waals surface area contributed by atoms with Gasteiger partial charge in [0.05, 0.1) is 24.3 Å². The maximum absolute atomic E-state index is 5.68. The predicted molar refractivity (Wildman–Crippen MR) is 36.7 cm³/mol. The number of ether oxygens (including phenoxy) is 1. The van der Waals surface area contributed by atoms with E-state index >= 15 is 0 Å². The highest BCUT2D eigenvalue weighted by molar-refractivity contribution is 7.99. The lowest BCUT2D eigenvalue weighted by molar-refractivity contribution is 0.0426. The van der Waals surface area contributed by atoms with Crippen molar-refractivity contribution in [1.29, 1.82) is 0 Å². The van der Waals surface area contributed by atoms with Crippen LogP contribution in [0.5, 0.6) is 0 Å². The van der Waals surface area contributed by atoms with Gasteiger partial charge in [-0.2, -0.15) is 11.8 Å². The van der Waals surface area contributed by atoms with Crippen LogP contribution in [0.4, 0.5) is 0 Å². The van der Waals surface area contributed by atoms with Crippen molar-refractivity contribution in [1.82, 2.24) is 5.32 Å². The highest BCUT2D eigenvalue weighted by atomic mass is 32.2. The molecule has 2 bridgehead atoms. The number of fused-ring (bicyclic) bond motifs is 5. The van der Waals surface area contributed by atoms with E-state index in [4.69, 9.17) is 4.74 Å². The molecule has 0 aromatic rings. The number of thioether (sulfide) groups is 1. The molecule has 3 saturated heterocycles. The highest BCUT2D eigenvalue weighted by Gasteiger charge is 2.56. The Morgan fingerprint density at radius 2 is 1.89 bits per heavy atom. The molecule has 3 fully saturated rings. The monoisotopic (exact) mass is 143 g/mol. The first-order valence-electron chi connectivity index (χ1n) is 3.44. The van der Waals surface area contributed by atoms with E-state index in [-0.39, 0.29) is 0 Å². The zero-order valence-corrected chi connectivity index (χ0v) is 5.86. The molecular weight excluding hydrogens is 134 g/mol. The quantitative estimate of drug-likeness (QED) is 0.478. The van der Waals surface area contributed by atoms with Gasteiger partial charge in [-0.1, -0.05) is 0 Å². The van der Waals surface area contributed by atoms with E-state index in [1.54, 1.807) is 0 Å². The van der Waals surface area contributed by atoms with Gasteiger partial charge in [0, 0.05) is 11.5 Å². The molecule has 0 radical (unpaired) electrons. The van der Waals surface area contributed by atoms with Crippen LogP contribution in [0.3, 0.4) is 0 Å². The van der Waals surface area contributed by atoms with Crippen molar-refractivity contribution in [3.63, 3.8) is 0 Å². The molecule has 0 aliphatic carbocycles. The molecule has 0 spiro atoms. The van der Waals surface area contributed by atoms with Crippen molar-refractivity contribution in [3.05, 3.63) is 0 Å². The van der Waals surface area contributed by atoms with Gasteiger partial charge in [0.1, 0.15) is 0 Å². The Morgan fingerprint density at radius 3 is 2.44 bits per heavy atom. The van der Waals surface area contributed by atoms with E-state index in [1.165, 1.54) is 11.5 Å². The van der Waals surface area contributed by atoms with Crippen molar-refractivity contribution in [2.75, 3.05) is 11.5 Å². The lowest BCUT2D eigenvalue weighted by atomic mass is 10.2. The minimum absolute atomic E-state index is 0.554. The molecule has 0 saturated carbocycles. The van der Waals surface area contributed by atoms with E-state index in [9.17, 15) is 0 Å². The Morgan fingerprint density at radius 1 is 1.22 bits per heavy atom. The van der Waals surface area contributed by atoms with Gasteiger partial charge in [-0.3, -0.25) is 0 Å². The number of morpholine rings is 1. The van der Waals surface area contributed by atoms with Crippen LogP contribution in [0.2, 0.25) is 0 Å². The second-order valence-corrected chi connectivity index (χ2v) is 4.04. The topological polar surface area (TPSA) is 31.2 Å². The summed E-state index contributed by atoms with van der Waals surface area (Å²) in [7, 11) is 0. The molecule has 0 aromatic heterocycles. The lowest BCUT2D eigenvalue weighted by Crippen LogP contribution is -2.32. The van der Waals surface area contributed by atoms with Crippen LogP contribution < -0.4 is 5.32 Å². The summed E-state index contributed by atoms with van der Waals surface area (Å²) in [6.45, 7) is 0. The fourth-order valence-corrected chi connectivity index (χ4v) is 3.00. The number of hydrogen-bond acceptors (Lipinski definition) is 3. The fraction of sp³-hybridized carbons (Fsp3) is 1.00. The van der Waals surface area contributed by atoms with E-state index in [0.717, 1.165) is 12.1 Å². The summed E-state index contributed by atoms with van der Waals surface area (Å²) in [6.07, 6.45) is 1.11. The molecule has 3 aliphatic heterocycles. The average Bonchev–Trinajstić information content (AvgIpc) is 2.62. The van der Waals surface area contributed by atoms with E-state index in [0.29, 0.717) is 12.2 Å². The van der Waals surface area contributed by atoms with Gasteiger partial charge in [-0.05, 0) is 0 Å². The molecule has 1 N–H and O–H groups in total. The fourth-order valence-electron chi connectivity index (χ4n) is 1.82. The predicted octanol–water partition coefficient (Wildman–Crippen LogP) is -0.159. The average molecular weight is 143 g/mol. The molecule has 0 amide bonds. The Kier molecular flexibility index (Phi) is 0.813. The van der Waals surface area contributed by atoms with Crippen molar-refractivity contribution in [2.45, 2.75) is 24.3 Å². The summed E-state index contributed by atoms with van der Waals surface area (Å²) in [5.41, 5.74) is 0. The van der Waals surface area contributed by atoms with Crippen LogP contribution in [0.1, 0.15) is 0 Å². The summed E-state index contributed by atoms with van der Waals surface area (Å²) < 4.78 is 5.68. The molecule has 2 unspecified atom stereocenters. The van der Waals surface area contributed by atoms with Gasteiger partial charge in [-0.25, -0.2) is 0 Å². The third-order valence-corrected chi connectivity index (χ3v) is 3.51. The van der Waals surface area contributed by atoms with Gasteiger partial charge in [0.15, 0.2) is 0 Å². The molecule has 3 heteroatoms. The maximum atomic E-state index is 5.68. The Bertz CT molecular complexity index is 138. The maximum Gasteiger partial charge on any atom is 0.0839 e. The minimum Gasteiger partial charge on any atom is -0.370 e. The van der Waals surface area contributed by atoms with Crippen molar-refractivity contribution in [2.24, 2.45) is 0 Å². The third kappa shape index (κ3) is 0.552. The number of nitrogens with one attached hydrogen (secondary N) is 1. The van der Waals surface area contributed by atoms with Gasteiger partial charge in [0.25, 0.3) is 0 Å². The minimum atomic E-state index is 0.554. The Labute approximate surface area is 58.3 Å². The SMILES string of the molecule is C1SC[C@H]2O[C@H]1C1NC12. The Balaban J connectivity index is 1.92. The zero-order chi connectivity index (χ0) is 5.84. The molecule has 50 valence electrons. The molecule has 9 heavy (non-hydrogen) atoms. The van der Waals surface area contributed by atoms with Crippen LogP contribution in [0.25, 0.3) is 0 Å². The second-order valence-electron chi connectivity index (χ2n) is 2.97. The zero-order valence-electron chi connectivity index (χ0n) is 5.04. The molecule has 4 atom stereocenters. The molecule has 3 aliphatic rings. The van der Waals surface area contributed by atoms with Crippen molar-refractivity contribution >= 4 is 11.8 Å². The number of hydrogen-bond donors (Lipinski definition) is 1. The van der Waals surface area contributed by atoms with Crippen molar-refractivity contribution < 1.29 is 4.74 Å². The van der Waals surface area contributed by atoms with E-state index in [2.05, 4.69) is 5.32 Å². The normalized spacial score (nSPS) is 61.3. The summed E-state index contributed by atoms with van der Waals surface area (Å²) in [5, 5.41) is 3.43.